The van der Waals surface area contributed by atoms with Crippen LogP contribution < -0.4 is 4.74 Å². The number of nitrogens with zero attached hydrogens (tertiary/aromatic N) is 2. The molecule has 5 nitrogen and oxygen atoms in total. The average Bonchev–Trinajstić information content (AvgIpc) is 2.36. The molecule has 19 heavy (non-hydrogen) atoms. The number of aromatic nitrogens is 1. The number of pyridine rings is 1. The fourth-order valence-electron chi connectivity index (χ4n) is 1.42. The second kappa shape index (κ2) is 5.99. The molecule has 0 spiro atoms. The van der Waals surface area contributed by atoms with Crippen molar-refractivity contribution in [2.24, 2.45) is 0 Å². The smallest absolute Gasteiger partial charge is 0.274 e. The van der Waals surface area contributed by atoms with Crippen molar-refractivity contribution in [1.29, 1.82) is 0 Å². The molecule has 0 aliphatic rings. The largest absolute Gasteiger partial charge is 0.487 e. The molecule has 1 aromatic heterocycles. The van der Waals surface area contributed by atoms with Crippen LogP contribution in [0.15, 0.2) is 41.0 Å². The molecule has 0 atom stereocenters. The van der Waals surface area contributed by atoms with E-state index in [1.165, 1.54) is 12.1 Å². The minimum Gasteiger partial charge on any atom is -0.487 e. The third-order valence-electron chi connectivity index (χ3n) is 2.23. The molecule has 7 heteroatoms. The molecule has 1 aromatic carbocycles. The number of ether oxygens (including phenoxy) is 1. The first kappa shape index (κ1) is 13.8. The standard InChI is InChI=1S/C12H8BrClN2O3/c13-8-3-11(16(17)18)6-12(4-8)19-7-10-5-9(14)1-2-15-10/h1-6H,7H2. The highest BCUT2D eigenvalue weighted by molar-refractivity contribution is 9.10. The van der Waals surface area contributed by atoms with Gasteiger partial charge in [0.25, 0.3) is 5.69 Å². The number of non-ortho nitro benzene ring substituents is 1. The molecular formula is C12H8BrClN2O3. The third kappa shape index (κ3) is 3.90. The number of hydrogen-bond acceptors (Lipinski definition) is 4. The van der Waals surface area contributed by atoms with E-state index >= 15 is 0 Å². The molecule has 0 amide bonds. The van der Waals surface area contributed by atoms with E-state index in [0.29, 0.717) is 20.9 Å². The van der Waals surface area contributed by atoms with Gasteiger partial charge in [-0.25, -0.2) is 0 Å². The first-order valence-corrected chi connectivity index (χ1v) is 6.40. The Hall–Kier alpha value is -1.66. The van der Waals surface area contributed by atoms with Crippen molar-refractivity contribution in [3.63, 3.8) is 0 Å². The van der Waals surface area contributed by atoms with Gasteiger partial charge in [-0.1, -0.05) is 27.5 Å². The van der Waals surface area contributed by atoms with Crippen molar-refractivity contribution >= 4 is 33.2 Å². The summed E-state index contributed by atoms with van der Waals surface area (Å²) in [5, 5.41) is 11.3. The van der Waals surface area contributed by atoms with Gasteiger partial charge in [-0.05, 0) is 18.2 Å². The second-order valence-electron chi connectivity index (χ2n) is 3.66. The molecule has 0 aliphatic heterocycles. The van der Waals surface area contributed by atoms with Gasteiger partial charge in [-0.3, -0.25) is 15.1 Å². The van der Waals surface area contributed by atoms with Crippen molar-refractivity contribution in [3.05, 3.63) is 61.8 Å². The van der Waals surface area contributed by atoms with Crippen molar-refractivity contribution in [2.75, 3.05) is 0 Å². The summed E-state index contributed by atoms with van der Waals surface area (Å²) < 4.78 is 6.04. The number of halogens is 2. The van der Waals surface area contributed by atoms with Crippen molar-refractivity contribution in [3.8, 4) is 5.75 Å². The summed E-state index contributed by atoms with van der Waals surface area (Å²) in [6.45, 7) is 0.189. The molecule has 0 bridgehead atoms. The van der Waals surface area contributed by atoms with Crippen LogP contribution in [0.2, 0.25) is 5.02 Å². The summed E-state index contributed by atoms with van der Waals surface area (Å²) in [5.41, 5.74) is 0.610. The van der Waals surface area contributed by atoms with Gasteiger partial charge in [0, 0.05) is 21.8 Å². The fraction of sp³-hybridized carbons (Fsp3) is 0.0833. The molecule has 0 aliphatic carbocycles. The number of nitro groups is 1. The van der Waals surface area contributed by atoms with Gasteiger partial charge in [-0.2, -0.15) is 0 Å². The van der Waals surface area contributed by atoms with Gasteiger partial charge >= 0.3 is 0 Å². The van der Waals surface area contributed by atoms with Crippen LogP contribution in [0.25, 0.3) is 0 Å². The zero-order valence-corrected chi connectivity index (χ0v) is 11.9. The second-order valence-corrected chi connectivity index (χ2v) is 5.01. The first-order chi connectivity index (χ1) is 9.04. The molecular weight excluding hydrogens is 336 g/mol. The van der Waals surface area contributed by atoms with Gasteiger partial charge in [0.05, 0.1) is 16.7 Å². The highest BCUT2D eigenvalue weighted by Crippen LogP contribution is 2.26. The van der Waals surface area contributed by atoms with Gasteiger partial charge in [0.2, 0.25) is 0 Å². The van der Waals surface area contributed by atoms with E-state index in [1.807, 2.05) is 0 Å². The summed E-state index contributed by atoms with van der Waals surface area (Å²) >= 11 is 9.02. The highest BCUT2D eigenvalue weighted by atomic mass is 79.9. The van der Waals surface area contributed by atoms with Crippen LogP contribution in [0.5, 0.6) is 5.75 Å². The Morgan fingerprint density at radius 1 is 1.37 bits per heavy atom. The maximum Gasteiger partial charge on any atom is 0.274 e. The minimum absolute atomic E-state index is 0.0385. The summed E-state index contributed by atoms with van der Waals surface area (Å²) in [4.78, 5) is 14.3. The number of hydrogen-bond donors (Lipinski definition) is 0. The SMILES string of the molecule is O=[N+]([O-])c1cc(Br)cc(OCc2cc(Cl)ccn2)c1. The Kier molecular flexibility index (Phi) is 4.34. The highest BCUT2D eigenvalue weighted by Gasteiger charge is 2.09. The Balaban J connectivity index is 2.13. The van der Waals surface area contributed by atoms with E-state index in [4.69, 9.17) is 16.3 Å². The normalized spacial score (nSPS) is 10.2. The van der Waals surface area contributed by atoms with Crippen LogP contribution in [-0.4, -0.2) is 9.91 Å². The van der Waals surface area contributed by atoms with Crippen LogP contribution in [0.4, 0.5) is 5.69 Å². The average molecular weight is 344 g/mol. The van der Waals surface area contributed by atoms with E-state index < -0.39 is 4.92 Å². The minimum atomic E-state index is -0.477. The fourth-order valence-corrected chi connectivity index (χ4v) is 2.06. The Morgan fingerprint density at radius 2 is 2.16 bits per heavy atom. The van der Waals surface area contributed by atoms with Gasteiger partial charge in [0.1, 0.15) is 12.4 Å². The topological polar surface area (TPSA) is 65.3 Å². The van der Waals surface area contributed by atoms with Crippen LogP contribution in [0.1, 0.15) is 5.69 Å². The summed E-state index contributed by atoms with van der Waals surface area (Å²) in [6, 6.07) is 7.75. The third-order valence-corrected chi connectivity index (χ3v) is 2.93. The lowest BCUT2D eigenvalue weighted by atomic mass is 10.3. The lowest BCUT2D eigenvalue weighted by Crippen LogP contribution is -1.98. The molecule has 0 saturated carbocycles. The van der Waals surface area contributed by atoms with Gasteiger partial charge in [-0.15, -0.1) is 0 Å². The Morgan fingerprint density at radius 3 is 2.84 bits per heavy atom. The maximum absolute atomic E-state index is 10.7. The molecule has 0 unspecified atom stereocenters. The molecule has 2 aromatic rings. The Labute approximate surface area is 122 Å². The Bertz CT molecular complexity index is 622. The number of nitro benzene ring substituents is 1. The quantitative estimate of drug-likeness (QED) is 0.622. The molecule has 0 saturated heterocycles. The van der Waals surface area contributed by atoms with Crippen LogP contribution in [0.3, 0.4) is 0 Å². The van der Waals surface area contributed by atoms with Crippen molar-refractivity contribution in [2.45, 2.75) is 6.61 Å². The van der Waals surface area contributed by atoms with E-state index in [-0.39, 0.29) is 12.3 Å². The molecule has 1 heterocycles. The number of rotatable bonds is 4. The lowest BCUT2D eigenvalue weighted by molar-refractivity contribution is -0.385. The van der Waals surface area contributed by atoms with Gasteiger partial charge < -0.3 is 4.74 Å². The van der Waals surface area contributed by atoms with E-state index in [0.717, 1.165) is 0 Å². The molecule has 0 N–H and O–H groups in total. The van der Waals surface area contributed by atoms with E-state index in [1.54, 1.807) is 24.4 Å². The van der Waals surface area contributed by atoms with Crippen LogP contribution in [0, 0.1) is 10.1 Å². The van der Waals surface area contributed by atoms with Gasteiger partial charge in [0.15, 0.2) is 0 Å². The monoisotopic (exact) mass is 342 g/mol. The zero-order valence-electron chi connectivity index (χ0n) is 9.55. The number of benzene rings is 1. The molecule has 0 fully saturated rings. The van der Waals surface area contributed by atoms with Crippen molar-refractivity contribution in [1.82, 2.24) is 4.98 Å². The first-order valence-electron chi connectivity index (χ1n) is 5.23. The van der Waals surface area contributed by atoms with Crippen LogP contribution >= 0.6 is 27.5 Å². The summed E-state index contributed by atoms with van der Waals surface area (Å²) in [6.07, 6.45) is 1.57. The zero-order chi connectivity index (χ0) is 13.8. The molecule has 2 rings (SSSR count). The van der Waals surface area contributed by atoms with Crippen LogP contribution in [-0.2, 0) is 6.61 Å². The predicted octanol–water partition coefficient (Wildman–Crippen LogP) is 3.98. The molecule has 98 valence electrons. The summed E-state index contributed by atoms with van der Waals surface area (Å²) in [5.74, 6) is 0.392. The lowest BCUT2D eigenvalue weighted by Gasteiger charge is -2.06. The molecule has 0 radical (unpaired) electrons. The summed E-state index contributed by atoms with van der Waals surface area (Å²) in [7, 11) is 0. The van der Waals surface area contributed by atoms with E-state index in [2.05, 4.69) is 20.9 Å². The van der Waals surface area contributed by atoms with E-state index in [9.17, 15) is 10.1 Å². The van der Waals surface area contributed by atoms with Crippen molar-refractivity contribution < 1.29 is 9.66 Å². The predicted molar refractivity (Wildman–Crippen MR) is 74.4 cm³/mol. The maximum atomic E-state index is 10.7.